The molecule has 0 aliphatic rings. The first-order valence-electron chi connectivity index (χ1n) is 6.87. The second kappa shape index (κ2) is 6.40. The minimum absolute atomic E-state index is 0.0625. The SMILES string of the molecule is Cc1cc(C(O)(C(F)(F)F)C(F)(F)F)cc(C(O)(C(F)(F)F)C(F)(F)F)c1C. The van der Waals surface area contributed by atoms with Crippen molar-refractivity contribution in [2.24, 2.45) is 0 Å². The van der Waals surface area contributed by atoms with Crippen LogP contribution in [0.4, 0.5) is 52.7 Å². The van der Waals surface area contributed by atoms with E-state index in [0.717, 1.165) is 0 Å². The molecule has 2 N–H and O–H groups in total. The summed E-state index contributed by atoms with van der Waals surface area (Å²) in [5.41, 5.74) is -18.2. The molecule has 14 heteroatoms. The normalized spacial score (nSPS) is 15.1. The Bertz CT molecular complexity index is 711. The number of hydrogen-bond acceptors (Lipinski definition) is 2. The molecular weight excluding hydrogens is 428 g/mol. The van der Waals surface area contributed by atoms with Gasteiger partial charge in [-0.1, -0.05) is 6.07 Å². The van der Waals surface area contributed by atoms with Crippen molar-refractivity contribution in [1.82, 2.24) is 0 Å². The van der Waals surface area contributed by atoms with Crippen LogP contribution in [0.25, 0.3) is 0 Å². The summed E-state index contributed by atoms with van der Waals surface area (Å²) in [6, 6.07) is -0.864. The topological polar surface area (TPSA) is 40.5 Å². The summed E-state index contributed by atoms with van der Waals surface area (Å²) in [7, 11) is 0. The largest absolute Gasteiger partial charge is 0.430 e. The predicted molar refractivity (Wildman–Crippen MR) is 67.9 cm³/mol. The van der Waals surface area contributed by atoms with Crippen molar-refractivity contribution in [3.63, 3.8) is 0 Å². The fraction of sp³-hybridized carbons (Fsp3) is 0.571. The van der Waals surface area contributed by atoms with Gasteiger partial charge in [-0.3, -0.25) is 0 Å². The first-order chi connectivity index (χ1) is 12.0. The maximum Gasteiger partial charge on any atom is 0.430 e. The fourth-order valence-electron chi connectivity index (χ4n) is 2.40. The molecule has 0 radical (unpaired) electrons. The zero-order chi connectivity index (χ0) is 22.7. The highest BCUT2D eigenvalue weighted by molar-refractivity contribution is 5.45. The molecule has 1 aromatic rings. The number of halogens is 12. The van der Waals surface area contributed by atoms with E-state index in [1.54, 1.807) is 0 Å². The summed E-state index contributed by atoms with van der Waals surface area (Å²) in [5, 5.41) is 18.6. The molecule has 162 valence electrons. The van der Waals surface area contributed by atoms with E-state index in [0.29, 0.717) is 13.8 Å². The predicted octanol–water partition coefficient (Wildman–Crippen LogP) is 4.93. The quantitative estimate of drug-likeness (QED) is 0.644. The molecule has 1 aromatic carbocycles. The maximum atomic E-state index is 13.0. The van der Waals surface area contributed by atoms with Gasteiger partial charge in [0.25, 0.3) is 11.2 Å². The zero-order valence-corrected chi connectivity index (χ0v) is 13.6. The van der Waals surface area contributed by atoms with Gasteiger partial charge in [-0.15, -0.1) is 0 Å². The molecule has 1 rings (SSSR count). The van der Waals surface area contributed by atoms with E-state index in [1.165, 1.54) is 0 Å². The molecule has 28 heavy (non-hydrogen) atoms. The van der Waals surface area contributed by atoms with Crippen LogP contribution in [0.1, 0.15) is 22.3 Å². The molecule has 0 saturated carbocycles. The summed E-state index contributed by atoms with van der Waals surface area (Å²) in [4.78, 5) is 0. The van der Waals surface area contributed by atoms with E-state index in [9.17, 15) is 62.9 Å². The zero-order valence-electron chi connectivity index (χ0n) is 13.6. The molecular formula is C14H10F12O2. The van der Waals surface area contributed by atoms with E-state index in [1.807, 2.05) is 0 Å². The molecule has 0 aliphatic heterocycles. The lowest BCUT2D eigenvalue weighted by Crippen LogP contribution is -2.56. The van der Waals surface area contributed by atoms with Crippen LogP contribution in [0, 0.1) is 13.8 Å². The second-order valence-electron chi connectivity index (χ2n) is 5.88. The van der Waals surface area contributed by atoms with Crippen LogP contribution in [0.15, 0.2) is 12.1 Å². The standard InChI is InChI=1S/C14H10F12O2/c1-5-3-7(9(27,11(15,16)17)12(18,19)20)4-8(6(5)2)10(28,13(21,22)23)14(24,25)26/h3-4,27-28H,1-2H3. The van der Waals surface area contributed by atoms with E-state index < -0.39 is 64.2 Å². The Kier molecular flexibility index (Phi) is 5.57. The van der Waals surface area contributed by atoms with Crippen LogP contribution >= 0.6 is 0 Å². The minimum atomic E-state index is -6.56. The first kappa shape index (κ1) is 24.3. The molecule has 0 spiro atoms. The van der Waals surface area contributed by atoms with E-state index >= 15 is 0 Å². The Morgan fingerprint density at radius 2 is 0.893 bits per heavy atom. The first-order valence-corrected chi connectivity index (χ1v) is 6.87. The number of rotatable bonds is 2. The number of aliphatic hydroxyl groups is 2. The molecule has 0 bridgehead atoms. The Balaban J connectivity index is 4.08. The van der Waals surface area contributed by atoms with Crippen LogP contribution in [0.3, 0.4) is 0 Å². The number of alkyl halides is 12. The molecule has 0 saturated heterocycles. The van der Waals surface area contributed by atoms with Gasteiger partial charge in [-0.25, -0.2) is 0 Å². The third-order valence-electron chi connectivity index (χ3n) is 4.12. The Morgan fingerprint density at radius 1 is 0.571 bits per heavy atom. The lowest BCUT2D eigenvalue weighted by molar-refractivity contribution is -0.378. The summed E-state index contributed by atoms with van der Waals surface area (Å²) < 4.78 is 156. The maximum absolute atomic E-state index is 13.0. The Hall–Kier alpha value is -1.70. The molecule has 0 atom stereocenters. The molecule has 0 aromatic heterocycles. The van der Waals surface area contributed by atoms with Crippen molar-refractivity contribution < 1.29 is 62.9 Å². The third kappa shape index (κ3) is 3.40. The molecule has 0 fully saturated rings. The van der Waals surface area contributed by atoms with Gasteiger partial charge in [0.1, 0.15) is 0 Å². The monoisotopic (exact) mass is 438 g/mol. The van der Waals surface area contributed by atoms with Crippen molar-refractivity contribution in [3.05, 3.63) is 34.4 Å². The van der Waals surface area contributed by atoms with E-state index in [4.69, 9.17) is 0 Å². The minimum Gasteiger partial charge on any atom is -0.369 e. The number of benzene rings is 1. The summed E-state index contributed by atoms with van der Waals surface area (Å²) in [5.74, 6) is 0. The smallest absolute Gasteiger partial charge is 0.369 e. The van der Waals surface area contributed by atoms with Crippen LogP contribution in [-0.2, 0) is 11.2 Å². The van der Waals surface area contributed by atoms with Crippen molar-refractivity contribution in [2.75, 3.05) is 0 Å². The van der Waals surface area contributed by atoms with Gasteiger partial charge in [0.05, 0.1) is 0 Å². The highest BCUT2D eigenvalue weighted by Gasteiger charge is 2.74. The van der Waals surface area contributed by atoms with Crippen molar-refractivity contribution in [2.45, 2.75) is 49.8 Å². The lowest BCUT2D eigenvalue weighted by Gasteiger charge is -2.37. The van der Waals surface area contributed by atoms with E-state index in [2.05, 4.69) is 0 Å². The highest BCUT2D eigenvalue weighted by atomic mass is 19.4. The van der Waals surface area contributed by atoms with Crippen molar-refractivity contribution in [3.8, 4) is 0 Å². The van der Waals surface area contributed by atoms with Gasteiger partial charge in [-0.2, -0.15) is 52.7 Å². The van der Waals surface area contributed by atoms with E-state index in [-0.39, 0.29) is 6.07 Å². The Labute approximate surface area is 148 Å². The average Bonchev–Trinajstić information content (AvgIpc) is 2.43. The average molecular weight is 438 g/mol. The molecule has 0 aliphatic carbocycles. The summed E-state index contributed by atoms with van der Waals surface area (Å²) in [6.07, 6.45) is -26.2. The van der Waals surface area contributed by atoms with Gasteiger partial charge >= 0.3 is 24.7 Å². The summed E-state index contributed by atoms with van der Waals surface area (Å²) >= 11 is 0. The van der Waals surface area contributed by atoms with Gasteiger partial charge in [0.15, 0.2) is 0 Å². The molecule has 0 unspecified atom stereocenters. The number of aryl methyl sites for hydroxylation is 1. The summed E-state index contributed by atoms with van der Waals surface area (Å²) in [6.45, 7) is 1.14. The van der Waals surface area contributed by atoms with Gasteiger partial charge in [0.2, 0.25) is 0 Å². The van der Waals surface area contributed by atoms with Crippen molar-refractivity contribution in [1.29, 1.82) is 0 Å². The number of hydrogen-bond donors (Lipinski definition) is 2. The highest BCUT2D eigenvalue weighted by Crippen LogP contribution is 2.54. The Morgan fingerprint density at radius 3 is 1.18 bits per heavy atom. The lowest BCUT2D eigenvalue weighted by atomic mass is 9.81. The molecule has 0 heterocycles. The van der Waals surface area contributed by atoms with Crippen molar-refractivity contribution >= 4 is 0 Å². The fourth-order valence-corrected chi connectivity index (χ4v) is 2.40. The van der Waals surface area contributed by atoms with Crippen LogP contribution in [0.5, 0.6) is 0 Å². The van der Waals surface area contributed by atoms with Gasteiger partial charge in [0, 0.05) is 11.1 Å². The van der Waals surface area contributed by atoms with Crippen LogP contribution in [0.2, 0.25) is 0 Å². The molecule has 0 amide bonds. The third-order valence-corrected chi connectivity index (χ3v) is 4.12. The van der Waals surface area contributed by atoms with Gasteiger partial charge < -0.3 is 10.2 Å². The second-order valence-corrected chi connectivity index (χ2v) is 5.88. The van der Waals surface area contributed by atoms with Gasteiger partial charge in [-0.05, 0) is 31.0 Å². The van der Waals surface area contributed by atoms with Crippen LogP contribution in [-0.4, -0.2) is 34.9 Å². The van der Waals surface area contributed by atoms with Crippen LogP contribution < -0.4 is 0 Å². The molecule has 2 nitrogen and oxygen atoms in total.